The highest BCUT2D eigenvalue weighted by Crippen LogP contribution is 2.71. The monoisotopic (exact) mass is 268 g/mol. The van der Waals surface area contributed by atoms with E-state index in [-0.39, 0.29) is 0 Å². The summed E-state index contributed by atoms with van der Waals surface area (Å²) in [5.41, 5.74) is 2.01. The van der Waals surface area contributed by atoms with Crippen molar-refractivity contribution in [1.82, 2.24) is 9.55 Å². The van der Waals surface area contributed by atoms with E-state index in [2.05, 4.69) is 9.55 Å². The summed E-state index contributed by atoms with van der Waals surface area (Å²) in [4.78, 5) is 15.9. The highest BCUT2D eigenvalue weighted by molar-refractivity contribution is 6.01. The van der Waals surface area contributed by atoms with Crippen LogP contribution in [0.3, 0.4) is 0 Å². The van der Waals surface area contributed by atoms with Crippen LogP contribution in [0.1, 0.15) is 35.7 Å². The van der Waals surface area contributed by atoms with E-state index < -0.39 is 5.97 Å². The van der Waals surface area contributed by atoms with Crippen molar-refractivity contribution >= 4 is 17.0 Å². The summed E-state index contributed by atoms with van der Waals surface area (Å²) in [6.07, 6.45) is 6.02. The van der Waals surface area contributed by atoms with E-state index >= 15 is 0 Å². The fourth-order valence-corrected chi connectivity index (χ4v) is 5.14. The molecule has 0 aliphatic heterocycles. The standard InChI is InChI=1S/C16H16N2O2/c19-16(20)10-2-1-3-11-14(10)18(7-17-11)15-12-8-4-5-9(6-8)13(12)15/h1-3,7-9,12-13,15H,4-6H2,(H,19,20). The zero-order chi connectivity index (χ0) is 13.4. The number of carboxylic acids is 1. The second-order valence-electron chi connectivity index (χ2n) is 6.61. The van der Waals surface area contributed by atoms with Crippen LogP contribution in [0.2, 0.25) is 0 Å². The van der Waals surface area contributed by atoms with Gasteiger partial charge in [-0.1, -0.05) is 6.07 Å². The number of rotatable bonds is 2. The minimum atomic E-state index is -0.855. The molecule has 2 bridgehead atoms. The quantitative estimate of drug-likeness (QED) is 0.911. The molecule has 1 aromatic carbocycles. The molecule has 20 heavy (non-hydrogen) atoms. The molecule has 3 aliphatic carbocycles. The lowest BCUT2D eigenvalue weighted by Crippen LogP contribution is -2.07. The Morgan fingerprint density at radius 3 is 2.70 bits per heavy atom. The number of para-hydroxylation sites is 1. The van der Waals surface area contributed by atoms with Crippen molar-refractivity contribution in [2.24, 2.45) is 23.7 Å². The largest absolute Gasteiger partial charge is 0.478 e. The van der Waals surface area contributed by atoms with Crippen molar-refractivity contribution in [3.05, 3.63) is 30.1 Å². The number of carboxylic acid groups (broad SMARTS) is 1. The maximum absolute atomic E-state index is 11.5. The predicted octanol–water partition coefficient (Wildman–Crippen LogP) is 2.95. The number of aromatic nitrogens is 2. The molecular formula is C16H16N2O2. The molecule has 1 aromatic heterocycles. The molecule has 1 heterocycles. The van der Waals surface area contributed by atoms with Crippen LogP contribution in [-0.4, -0.2) is 20.6 Å². The van der Waals surface area contributed by atoms with Crippen molar-refractivity contribution in [2.75, 3.05) is 0 Å². The fourth-order valence-electron chi connectivity index (χ4n) is 5.14. The number of imidazole rings is 1. The highest BCUT2D eigenvalue weighted by Gasteiger charge is 2.65. The summed E-state index contributed by atoms with van der Waals surface area (Å²) in [5, 5.41) is 9.41. The van der Waals surface area contributed by atoms with Crippen LogP contribution in [0.4, 0.5) is 0 Å². The van der Waals surface area contributed by atoms with Crippen LogP contribution in [0.15, 0.2) is 24.5 Å². The molecule has 4 atom stereocenters. The fraction of sp³-hybridized carbons (Fsp3) is 0.500. The van der Waals surface area contributed by atoms with Gasteiger partial charge in [0, 0.05) is 6.04 Å². The predicted molar refractivity (Wildman–Crippen MR) is 73.5 cm³/mol. The van der Waals surface area contributed by atoms with Gasteiger partial charge in [0.25, 0.3) is 0 Å². The number of benzene rings is 1. The summed E-state index contributed by atoms with van der Waals surface area (Å²) in [5.74, 6) is 2.47. The Hall–Kier alpha value is -1.84. The third-order valence-corrected chi connectivity index (χ3v) is 5.84. The van der Waals surface area contributed by atoms with Crippen molar-refractivity contribution in [3.63, 3.8) is 0 Å². The Labute approximate surface area is 116 Å². The summed E-state index contributed by atoms with van der Waals surface area (Å²) in [6.45, 7) is 0. The SMILES string of the molecule is O=C(O)c1cccc2ncn(C3C4C5CCC(C5)C43)c12. The van der Waals surface area contributed by atoms with Crippen molar-refractivity contribution in [3.8, 4) is 0 Å². The van der Waals surface area contributed by atoms with Crippen LogP contribution in [0.25, 0.3) is 11.0 Å². The molecule has 4 unspecified atom stereocenters. The van der Waals surface area contributed by atoms with E-state index in [1.165, 1.54) is 19.3 Å². The zero-order valence-corrected chi connectivity index (χ0v) is 11.1. The first-order valence-electron chi connectivity index (χ1n) is 7.44. The topological polar surface area (TPSA) is 55.1 Å². The second kappa shape index (κ2) is 3.43. The maximum atomic E-state index is 11.5. The average molecular weight is 268 g/mol. The minimum Gasteiger partial charge on any atom is -0.478 e. The molecule has 4 heteroatoms. The zero-order valence-electron chi connectivity index (χ0n) is 11.1. The van der Waals surface area contributed by atoms with E-state index in [0.717, 1.165) is 34.7 Å². The molecule has 2 aromatic rings. The summed E-state index contributed by atoms with van der Waals surface area (Å²) in [7, 11) is 0. The second-order valence-corrected chi connectivity index (χ2v) is 6.61. The molecule has 5 rings (SSSR count). The molecule has 102 valence electrons. The molecule has 3 saturated carbocycles. The van der Waals surface area contributed by atoms with E-state index in [4.69, 9.17) is 0 Å². The van der Waals surface area contributed by atoms with Gasteiger partial charge in [0.2, 0.25) is 0 Å². The Kier molecular flexibility index (Phi) is 1.87. The minimum absolute atomic E-state index is 0.386. The van der Waals surface area contributed by atoms with Gasteiger partial charge in [-0.2, -0.15) is 0 Å². The normalized spacial score (nSPS) is 37.3. The third-order valence-electron chi connectivity index (χ3n) is 5.84. The molecule has 3 fully saturated rings. The maximum Gasteiger partial charge on any atom is 0.337 e. The van der Waals surface area contributed by atoms with Gasteiger partial charge in [0.15, 0.2) is 0 Å². The average Bonchev–Trinajstić information content (AvgIpc) is 2.85. The lowest BCUT2D eigenvalue weighted by atomic mass is 10.0. The number of nitrogens with zero attached hydrogens (tertiary/aromatic N) is 2. The first kappa shape index (κ1) is 10.9. The van der Waals surface area contributed by atoms with Crippen LogP contribution >= 0.6 is 0 Å². The van der Waals surface area contributed by atoms with Gasteiger partial charge in [-0.25, -0.2) is 9.78 Å². The Morgan fingerprint density at radius 1 is 1.25 bits per heavy atom. The van der Waals surface area contributed by atoms with E-state index in [0.29, 0.717) is 11.6 Å². The van der Waals surface area contributed by atoms with Gasteiger partial charge < -0.3 is 9.67 Å². The summed E-state index contributed by atoms with van der Waals surface area (Å²) < 4.78 is 2.17. The van der Waals surface area contributed by atoms with Gasteiger partial charge in [-0.15, -0.1) is 0 Å². The van der Waals surface area contributed by atoms with Crippen molar-refractivity contribution < 1.29 is 9.90 Å². The number of fused-ring (bicyclic) bond motifs is 6. The molecule has 0 spiro atoms. The van der Waals surface area contributed by atoms with Crippen LogP contribution in [0.5, 0.6) is 0 Å². The molecule has 0 radical (unpaired) electrons. The van der Waals surface area contributed by atoms with Gasteiger partial charge in [0.05, 0.1) is 22.9 Å². The molecule has 1 N–H and O–H groups in total. The Balaban J connectivity index is 1.66. The smallest absolute Gasteiger partial charge is 0.337 e. The number of carbonyl (C=O) groups is 1. The number of hydrogen-bond donors (Lipinski definition) is 1. The van der Waals surface area contributed by atoms with Crippen LogP contribution < -0.4 is 0 Å². The van der Waals surface area contributed by atoms with E-state index in [1.807, 2.05) is 12.4 Å². The molecule has 0 amide bonds. The lowest BCUT2D eigenvalue weighted by molar-refractivity contribution is 0.0698. The van der Waals surface area contributed by atoms with Crippen LogP contribution in [-0.2, 0) is 0 Å². The van der Waals surface area contributed by atoms with Gasteiger partial charge in [-0.3, -0.25) is 0 Å². The Morgan fingerprint density at radius 2 is 2.00 bits per heavy atom. The molecular weight excluding hydrogens is 252 g/mol. The van der Waals surface area contributed by atoms with Gasteiger partial charge in [0.1, 0.15) is 0 Å². The van der Waals surface area contributed by atoms with E-state index in [1.54, 1.807) is 12.1 Å². The molecule has 3 aliphatic rings. The third kappa shape index (κ3) is 1.18. The first-order chi connectivity index (χ1) is 9.75. The molecule has 4 nitrogen and oxygen atoms in total. The van der Waals surface area contributed by atoms with Crippen molar-refractivity contribution in [2.45, 2.75) is 25.3 Å². The number of hydrogen-bond acceptors (Lipinski definition) is 2. The molecule has 0 saturated heterocycles. The lowest BCUT2D eigenvalue weighted by Gasteiger charge is -2.11. The van der Waals surface area contributed by atoms with Gasteiger partial charge in [-0.05, 0) is 55.1 Å². The first-order valence-corrected chi connectivity index (χ1v) is 7.44. The Bertz CT molecular complexity index is 719. The van der Waals surface area contributed by atoms with Gasteiger partial charge >= 0.3 is 5.97 Å². The summed E-state index contributed by atoms with van der Waals surface area (Å²) >= 11 is 0. The summed E-state index contributed by atoms with van der Waals surface area (Å²) in [6, 6.07) is 5.88. The van der Waals surface area contributed by atoms with Crippen LogP contribution in [0, 0.1) is 23.7 Å². The van der Waals surface area contributed by atoms with Crippen molar-refractivity contribution in [1.29, 1.82) is 0 Å². The van der Waals surface area contributed by atoms with E-state index in [9.17, 15) is 9.90 Å². The highest BCUT2D eigenvalue weighted by atomic mass is 16.4. The number of aromatic carboxylic acids is 1.